The van der Waals surface area contributed by atoms with Gasteiger partial charge in [-0.15, -0.1) is 0 Å². The Morgan fingerprint density at radius 2 is 2.24 bits per heavy atom. The topological polar surface area (TPSA) is 53.1 Å². The number of carboxylic acid groups (broad SMARTS) is 1. The number of aromatic nitrogens is 1. The lowest BCUT2D eigenvalue weighted by atomic mass is 10.1. The van der Waals surface area contributed by atoms with E-state index in [2.05, 4.69) is 11.6 Å². The van der Waals surface area contributed by atoms with E-state index in [1.807, 2.05) is 37.3 Å². The molecule has 17 heavy (non-hydrogen) atoms. The zero-order valence-corrected chi connectivity index (χ0v) is 9.53. The molecule has 0 aliphatic rings. The van der Waals surface area contributed by atoms with Crippen molar-refractivity contribution in [3.8, 4) is 0 Å². The van der Waals surface area contributed by atoms with Gasteiger partial charge in [0.15, 0.2) is 0 Å². The van der Waals surface area contributed by atoms with Crippen molar-refractivity contribution in [2.75, 3.05) is 0 Å². The maximum atomic E-state index is 10.9. The second kappa shape index (κ2) is 4.29. The fraction of sp³-hybridized carbons (Fsp3) is 0.0714. The quantitative estimate of drug-likeness (QED) is 0.789. The van der Waals surface area contributed by atoms with Crippen LogP contribution in [0.25, 0.3) is 17.0 Å². The molecule has 3 heteroatoms. The van der Waals surface area contributed by atoms with Gasteiger partial charge in [-0.05, 0) is 18.6 Å². The molecule has 1 aromatic carbocycles. The van der Waals surface area contributed by atoms with Crippen LogP contribution >= 0.6 is 0 Å². The molecule has 1 aromatic heterocycles. The second-order valence-corrected chi connectivity index (χ2v) is 3.99. The molecule has 86 valence electrons. The maximum Gasteiger partial charge on any atom is 0.337 e. The van der Waals surface area contributed by atoms with E-state index in [1.54, 1.807) is 0 Å². The number of carbonyl (C=O) groups is 1. The van der Waals surface area contributed by atoms with Crippen LogP contribution < -0.4 is 0 Å². The highest BCUT2D eigenvalue weighted by molar-refractivity contribution is 6.03. The number of hydrogen-bond donors (Lipinski definition) is 2. The molecule has 0 aliphatic carbocycles. The summed E-state index contributed by atoms with van der Waals surface area (Å²) in [6.45, 7) is 5.71. The van der Waals surface area contributed by atoms with Crippen LogP contribution in [0, 0.1) is 0 Å². The molecule has 0 unspecified atom stereocenters. The molecule has 0 spiro atoms. The van der Waals surface area contributed by atoms with Crippen molar-refractivity contribution < 1.29 is 9.90 Å². The minimum Gasteiger partial charge on any atom is -0.478 e. The fourth-order valence-electron chi connectivity index (χ4n) is 1.66. The number of allylic oxidation sites excluding steroid dienone is 2. The van der Waals surface area contributed by atoms with Gasteiger partial charge in [-0.3, -0.25) is 0 Å². The minimum absolute atomic E-state index is 0.301. The molecule has 0 amide bonds. The summed E-state index contributed by atoms with van der Waals surface area (Å²) in [7, 11) is 0. The molecule has 3 nitrogen and oxygen atoms in total. The van der Waals surface area contributed by atoms with Gasteiger partial charge in [-0.1, -0.05) is 36.4 Å². The highest BCUT2D eigenvalue weighted by Crippen LogP contribution is 2.20. The largest absolute Gasteiger partial charge is 0.478 e. The van der Waals surface area contributed by atoms with E-state index in [9.17, 15) is 4.79 Å². The van der Waals surface area contributed by atoms with Crippen LogP contribution in [0.15, 0.2) is 42.6 Å². The third-order valence-corrected chi connectivity index (χ3v) is 2.50. The van der Waals surface area contributed by atoms with Gasteiger partial charge in [0.25, 0.3) is 0 Å². The lowest BCUT2D eigenvalue weighted by Crippen LogP contribution is -1.93. The van der Waals surface area contributed by atoms with Gasteiger partial charge < -0.3 is 10.1 Å². The average molecular weight is 227 g/mol. The van der Waals surface area contributed by atoms with E-state index in [4.69, 9.17) is 5.11 Å². The number of aromatic carboxylic acids is 1. The molecule has 2 rings (SSSR count). The standard InChI is InChI=1S/C14H13NO2/c1-9(2)3-4-10-5-6-11-12(14(16)17)8-15-13(11)7-10/h3-8,15H,1H2,2H3,(H,16,17). The van der Waals surface area contributed by atoms with Crippen molar-refractivity contribution in [3.05, 3.63) is 53.8 Å². The first-order valence-corrected chi connectivity index (χ1v) is 5.26. The Morgan fingerprint density at radius 3 is 2.88 bits per heavy atom. The summed E-state index contributed by atoms with van der Waals surface area (Å²) >= 11 is 0. The van der Waals surface area contributed by atoms with Crippen LogP contribution in [0.1, 0.15) is 22.8 Å². The van der Waals surface area contributed by atoms with Crippen molar-refractivity contribution in [2.24, 2.45) is 0 Å². The Labute approximate surface area is 99.1 Å². The van der Waals surface area contributed by atoms with Crippen LogP contribution in [-0.2, 0) is 0 Å². The fourth-order valence-corrected chi connectivity index (χ4v) is 1.66. The Bertz CT molecular complexity index is 620. The number of fused-ring (bicyclic) bond motifs is 1. The summed E-state index contributed by atoms with van der Waals surface area (Å²) in [5.74, 6) is -0.915. The first-order chi connectivity index (χ1) is 8.08. The van der Waals surface area contributed by atoms with Crippen molar-refractivity contribution in [2.45, 2.75) is 6.92 Å². The number of benzene rings is 1. The number of carboxylic acids is 1. The molecule has 0 fully saturated rings. The van der Waals surface area contributed by atoms with E-state index < -0.39 is 5.97 Å². The van der Waals surface area contributed by atoms with E-state index in [-0.39, 0.29) is 0 Å². The number of hydrogen-bond acceptors (Lipinski definition) is 1. The van der Waals surface area contributed by atoms with Crippen LogP contribution in [-0.4, -0.2) is 16.1 Å². The molecule has 0 aliphatic heterocycles. The Balaban J connectivity index is 2.46. The molecular weight excluding hydrogens is 214 g/mol. The molecule has 0 saturated heterocycles. The van der Waals surface area contributed by atoms with E-state index in [0.29, 0.717) is 5.56 Å². The van der Waals surface area contributed by atoms with Gasteiger partial charge in [0.05, 0.1) is 5.56 Å². The molecule has 0 bridgehead atoms. The first kappa shape index (κ1) is 11.2. The number of nitrogens with one attached hydrogen (secondary N) is 1. The lowest BCUT2D eigenvalue weighted by Gasteiger charge is -1.96. The summed E-state index contributed by atoms with van der Waals surface area (Å²) < 4.78 is 0. The molecular formula is C14H13NO2. The van der Waals surface area contributed by atoms with E-state index in [0.717, 1.165) is 22.0 Å². The maximum absolute atomic E-state index is 10.9. The van der Waals surface area contributed by atoms with Gasteiger partial charge in [0.2, 0.25) is 0 Å². The minimum atomic E-state index is -0.915. The zero-order valence-electron chi connectivity index (χ0n) is 9.53. The van der Waals surface area contributed by atoms with Gasteiger partial charge in [-0.25, -0.2) is 4.79 Å². The van der Waals surface area contributed by atoms with Crippen LogP contribution in [0.5, 0.6) is 0 Å². The predicted octanol–water partition coefficient (Wildman–Crippen LogP) is 3.46. The lowest BCUT2D eigenvalue weighted by molar-refractivity contribution is 0.0699. The summed E-state index contributed by atoms with van der Waals surface area (Å²) in [6.07, 6.45) is 5.38. The average Bonchev–Trinajstić information content (AvgIpc) is 2.69. The molecule has 2 N–H and O–H groups in total. The Morgan fingerprint density at radius 1 is 1.47 bits per heavy atom. The third-order valence-electron chi connectivity index (χ3n) is 2.50. The van der Waals surface area contributed by atoms with Crippen molar-refractivity contribution in [1.29, 1.82) is 0 Å². The molecule has 0 atom stereocenters. The van der Waals surface area contributed by atoms with Gasteiger partial charge in [0.1, 0.15) is 0 Å². The Hall–Kier alpha value is -2.29. The number of aromatic amines is 1. The molecule has 2 aromatic rings. The van der Waals surface area contributed by atoms with E-state index in [1.165, 1.54) is 6.20 Å². The SMILES string of the molecule is C=C(C)C=Cc1ccc2c(C(=O)O)c[nH]c2c1. The van der Waals surface area contributed by atoms with Crippen LogP contribution in [0.4, 0.5) is 0 Å². The molecule has 1 heterocycles. The third kappa shape index (κ3) is 2.28. The van der Waals surface area contributed by atoms with Gasteiger partial charge in [0, 0.05) is 17.1 Å². The molecule has 0 radical (unpaired) electrons. The predicted molar refractivity (Wildman–Crippen MR) is 69.1 cm³/mol. The zero-order chi connectivity index (χ0) is 12.4. The van der Waals surface area contributed by atoms with E-state index >= 15 is 0 Å². The van der Waals surface area contributed by atoms with Crippen molar-refractivity contribution >= 4 is 22.9 Å². The van der Waals surface area contributed by atoms with Gasteiger partial charge in [-0.2, -0.15) is 0 Å². The summed E-state index contributed by atoms with van der Waals surface area (Å²) in [5.41, 5.74) is 3.11. The van der Waals surface area contributed by atoms with Crippen molar-refractivity contribution in [3.63, 3.8) is 0 Å². The van der Waals surface area contributed by atoms with Gasteiger partial charge >= 0.3 is 5.97 Å². The summed E-state index contributed by atoms with van der Waals surface area (Å²) in [5, 5.41) is 9.70. The highest BCUT2D eigenvalue weighted by atomic mass is 16.4. The Kier molecular flexibility index (Phi) is 2.83. The smallest absolute Gasteiger partial charge is 0.337 e. The number of rotatable bonds is 3. The molecule has 0 saturated carbocycles. The highest BCUT2D eigenvalue weighted by Gasteiger charge is 2.09. The second-order valence-electron chi connectivity index (χ2n) is 3.99. The van der Waals surface area contributed by atoms with Crippen LogP contribution in [0.2, 0.25) is 0 Å². The number of H-pyrrole nitrogens is 1. The van der Waals surface area contributed by atoms with Crippen LogP contribution in [0.3, 0.4) is 0 Å². The normalized spacial score (nSPS) is 11.1. The monoisotopic (exact) mass is 227 g/mol. The van der Waals surface area contributed by atoms with Crippen molar-refractivity contribution in [1.82, 2.24) is 4.98 Å². The summed E-state index contributed by atoms with van der Waals surface area (Å²) in [6, 6.07) is 5.62. The first-order valence-electron chi connectivity index (χ1n) is 5.26. The summed E-state index contributed by atoms with van der Waals surface area (Å²) in [4.78, 5) is 13.9.